The first-order valence-electron chi connectivity index (χ1n) is 5.41. The summed E-state index contributed by atoms with van der Waals surface area (Å²) in [6, 6.07) is 3.46. The van der Waals surface area contributed by atoms with Crippen LogP contribution in [0, 0.1) is 0 Å². The van der Waals surface area contributed by atoms with E-state index in [1.807, 2.05) is 0 Å². The van der Waals surface area contributed by atoms with Crippen LogP contribution in [0.15, 0.2) is 16.9 Å². The zero-order valence-electron chi connectivity index (χ0n) is 8.90. The second-order valence-electron chi connectivity index (χ2n) is 4.04. The van der Waals surface area contributed by atoms with E-state index in [4.69, 9.17) is 9.47 Å². The molecule has 0 radical (unpaired) electrons. The second-order valence-corrected chi connectivity index (χ2v) is 4.04. The molecule has 86 valence electrons. The summed E-state index contributed by atoms with van der Waals surface area (Å²) in [4.78, 5) is 16.6. The van der Waals surface area contributed by atoms with Gasteiger partial charge in [0.1, 0.15) is 0 Å². The molecule has 0 fully saturated rings. The van der Waals surface area contributed by atoms with Crippen LogP contribution in [0.3, 0.4) is 0 Å². The SMILES string of the molecule is O=c1c2cc3c(cc2nc2n1CCN2)OCO3. The van der Waals surface area contributed by atoms with Crippen molar-refractivity contribution in [3.8, 4) is 11.5 Å². The number of aromatic nitrogens is 2. The fourth-order valence-electron chi connectivity index (χ4n) is 2.23. The van der Waals surface area contributed by atoms with Gasteiger partial charge in [-0.25, -0.2) is 4.98 Å². The van der Waals surface area contributed by atoms with Gasteiger partial charge < -0.3 is 14.8 Å². The maximum Gasteiger partial charge on any atom is 0.262 e. The Morgan fingerprint density at radius 3 is 3.00 bits per heavy atom. The lowest BCUT2D eigenvalue weighted by molar-refractivity contribution is 0.174. The van der Waals surface area contributed by atoms with E-state index in [0.717, 1.165) is 6.54 Å². The molecular weight excluding hydrogens is 222 g/mol. The lowest BCUT2D eigenvalue weighted by Gasteiger charge is -2.05. The second kappa shape index (κ2) is 2.91. The Bertz CT molecular complexity index is 687. The molecule has 2 aromatic rings. The third kappa shape index (κ3) is 1.09. The summed E-state index contributed by atoms with van der Waals surface area (Å²) in [7, 11) is 0. The van der Waals surface area contributed by atoms with Gasteiger partial charge in [-0.2, -0.15) is 0 Å². The number of rotatable bonds is 0. The highest BCUT2D eigenvalue weighted by Crippen LogP contribution is 2.34. The summed E-state index contributed by atoms with van der Waals surface area (Å²) in [5.74, 6) is 1.89. The summed E-state index contributed by atoms with van der Waals surface area (Å²) in [6.45, 7) is 1.60. The molecule has 1 aromatic carbocycles. The summed E-state index contributed by atoms with van der Waals surface area (Å²) in [6.07, 6.45) is 0. The molecule has 4 rings (SSSR count). The Hall–Kier alpha value is -2.24. The van der Waals surface area contributed by atoms with Crippen molar-refractivity contribution in [1.82, 2.24) is 9.55 Å². The first-order valence-corrected chi connectivity index (χ1v) is 5.41. The molecule has 0 bridgehead atoms. The van der Waals surface area contributed by atoms with Crippen LogP contribution in [-0.4, -0.2) is 22.9 Å². The van der Waals surface area contributed by atoms with Gasteiger partial charge in [-0.3, -0.25) is 9.36 Å². The van der Waals surface area contributed by atoms with E-state index in [1.54, 1.807) is 16.7 Å². The van der Waals surface area contributed by atoms with Gasteiger partial charge in [-0.1, -0.05) is 0 Å². The van der Waals surface area contributed by atoms with Gasteiger partial charge in [0, 0.05) is 19.2 Å². The highest BCUT2D eigenvalue weighted by Gasteiger charge is 2.20. The van der Waals surface area contributed by atoms with Gasteiger partial charge in [0.15, 0.2) is 11.5 Å². The third-order valence-electron chi connectivity index (χ3n) is 3.07. The Balaban J connectivity index is 2.12. The van der Waals surface area contributed by atoms with Crippen molar-refractivity contribution in [3.63, 3.8) is 0 Å². The molecule has 1 aromatic heterocycles. The maximum atomic E-state index is 12.2. The topological polar surface area (TPSA) is 65.4 Å². The average Bonchev–Trinajstić information content (AvgIpc) is 2.94. The molecule has 0 atom stereocenters. The van der Waals surface area contributed by atoms with E-state index in [1.165, 1.54) is 0 Å². The van der Waals surface area contributed by atoms with Crippen molar-refractivity contribution in [3.05, 3.63) is 22.5 Å². The number of fused-ring (bicyclic) bond motifs is 3. The number of nitrogens with zero attached hydrogens (tertiary/aromatic N) is 2. The zero-order chi connectivity index (χ0) is 11.4. The lowest BCUT2D eigenvalue weighted by Crippen LogP contribution is -2.18. The Morgan fingerprint density at radius 2 is 2.12 bits per heavy atom. The molecule has 2 aliphatic rings. The van der Waals surface area contributed by atoms with Crippen molar-refractivity contribution >= 4 is 16.9 Å². The monoisotopic (exact) mass is 231 g/mol. The molecule has 0 aliphatic carbocycles. The predicted octanol–water partition coefficient (Wildman–Crippen LogP) is 0.551. The highest BCUT2D eigenvalue weighted by molar-refractivity contribution is 5.83. The van der Waals surface area contributed by atoms with Crippen molar-refractivity contribution < 1.29 is 9.47 Å². The minimum Gasteiger partial charge on any atom is -0.454 e. The van der Waals surface area contributed by atoms with E-state index in [-0.39, 0.29) is 12.4 Å². The fraction of sp³-hybridized carbons (Fsp3) is 0.273. The first-order chi connectivity index (χ1) is 8.33. The molecule has 0 spiro atoms. The zero-order valence-corrected chi connectivity index (χ0v) is 8.90. The Morgan fingerprint density at radius 1 is 1.29 bits per heavy atom. The average molecular weight is 231 g/mol. The molecule has 1 N–H and O–H groups in total. The number of benzene rings is 1. The molecule has 17 heavy (non-hydrogen) atoms. The molecule has 0 unspecified atom stereocenters. The predicted molar refractivity (Wildman–Crippen MR) is 60.6 cm³/mol. The summed E-state index contributed by atoms with van der Waals surface area (Å²) >= 11 is 0. The minimum atomic E-state index is -0.0340. The van der Waals surface area contributed by atoms with Crippen LogP contribution in [0.4, 0.5) is 5.95 Å². The largest absolute Gasteiger partial charge is 0.454 e. The van der Waals surface area contributed by atoms with Crippen molar-refractivity contribution in [2.24, 2.45) is 0 Å². The van der Waals surface area contributed by atoms with Crippen molar-refractivity contribution in [2.45, 2.75) is 6.54 Å². The molecule has 0 amide bonds. The van der Waals surface area contributed by atoms with E-state index in [2.05, 4.69) is 10.3 Å². The number of hydrogen-bond acceptors (Lipinski definition) is 5. The molecule has 3 heterocycles. The van der Waals surface area contributed by atoms with Gasteiger partial charge in [0.25, 0.3) is 5.56 Å². The van der Waals surface area contributed by atoms with Gasteiger partial charge in [-0.05, 0) is 6.07 Å². The summed E-state index contributed by atoms with van der Waals surface area (Å²) in [5, 5.41) is 3.65. The van der Waals surface area contributed by atoms with Crippen LogP contribution in [0.1, 0.15) is 0 Å². The van der Waals surface area contributed by atoms with E-state index < -0.39 is 0 Å². The smallest absolute Gasteiger partial charge is 0.262 e. The van der Waals surface area contributed by atoms with E-state index >= 15 is 0 Å². The number of nitrogens with one attached hydrogen (secondary N) is 1. The molecule has 6 heteroatoms. The number of ether oxygens (including phenoxy) is 2. The van der Waals surface area contributed by atoms with Gasteiger partial charge in [0.05, 0.1) is 10.9 Å². The van der Waals surface area contributed by atoms with E-state index in [9.17, 15) is 4.79 Å². The van der Waals surface area contributed by atoms with Crippen LogP contribution in [0.2, 0.25) is 0 Å². The summed E-state index contributed by atoms with van der Waals surface area (Å²) in [5.41, 5.74) is 0.605. The minimum absolute atomic E-state index is 0.0340. The summed E-state index contributed by atoms with van der Waals surface area (Å²) < 4.78 is 12.2. The van der Waals surface area contributed by atoms with Crippen molar-refractivity contribution in [2.75, 3.05) is 18.7 Å². The lowest BCUT2D eigenvalue weighted by atomic mass is 10.2. The van der Waals surface area contributed by atoms with Crippen LogP contribution in [0.25, 0.3) is 10.9 Å². The molecule has 0 saturated heterocycles. The molecule has 0 saturated carbocycles. The van der Waals surface area contributed by atoms with Crippen LogP contribution in [0.5, 0.6) is 11.5 Å². The van der Waals surface area contributed by atoms with Crippen LogP contribution in [-0.2, 0) is 6.54 Å². The van der Waals surface area contributed by atoms with Crippen molar-refractivity contribution in [1.29, 1.82) is 0 Å². The molecule has 6 nitrogen and oxygen atoms in total. The van der Waals surface area contributed by atoms with Crippen LogP contribution >= 0.6 is 0 Å². The first kappa shape index (κ1) is 8.86. The quantitative estimate of drug-likeness (QED) is 0.717. The third-order valence-corrected chi connectivity index (χ3v) is 3.07. The molecule has 2 aliphatic heterocycles. The van der Waals surface area contributed by atoms with Gasteiger partial charge in [-0.15, -0.1) is 0 Å². The Kier molecular flexibility index (Phi) is 1.52. The van der Waals surface area contributed by atoms with Crippen LogP contribution < -0.4 is 20.3 Å². The molecular formula is C11H9N3O3. The van der Waals surface area contributed by atoms with Gasteiger partial charge in [0.2, 0.25) is 12.7 Å². The Labute approximate surface area is 95.8 Å². The van der Waals surface area contributed by atoms with Gasteiger partial charge >= 0.3 is 0 Å². The fourth-order valence-corrected chi connectivity index (χ4v) is 2.23. The number of hydrogen-bond donors (Lipinski definition) is 1. The maximum absolute atomic E-state index is 12.2. The number of anilines is 1. The normalized spacial score (nSPS) is 16.0. The highest BCUT2D eigenvalue weighted by atomic mass is 16.7. The van der Waals surface area contributed by atoms with E-state index in [0.29, 0.717) is 34.9 Å². The standard InChI is InChI=1S/C11H9N3O3/c15-10-6-3-8-9(17-5-16-8)4-7(6)13-11-12-1-2-14(10)11/h3-4H,1-2,5H2,(H,12,13).